The van der Waals surface area contributed by atoms with E-state index in [1.807, 2.05) is 40.2 Å². The highest BCUT2D eigenvalue weighted by atomic mass is 35.5. The molecule has 0 aliphatic heterocycles. The van der Waals surface area contributed by atoms with E-state index in [1.165, 1.54) is 22.6 Å². The Morgan fingerprint density at radius 2 is 2.22 bits per heavy atom. The summed E-state index contributed by atoms with van der Waals surface area (Å²) in [6.45, 7) is 0.425. The maximum absolute atomic E-state index is 12.7. The number of halogens is 1. The van der Waals surface area contributed by atoms with Gasteiger partial charge in [0.2, 0.25) is 0 Å². The van der Waals surface area contributed by atoms with Crippen molar-refractivity contribution < 1.29 is 4.79 Å². The first-order valence-corrected chi connectivity index (χ1v) is 10.0. The van der Waals surface area contributed by atoms with Crippen molar-refractivity contribution in [2.24, 2.45) is 0 Å². The van der Waals surface area contributed by atoms with Crippen molar-refractivity contribution in [3.8, 4) is 11.3 Å². The molecule has 0 saturated heterocycles. The molecule has 8 heteroatoms. The number of thiazole rings is 1. The van der Waals surface area contributed by atoms with Crippen LogP contribution >= 0.6 is 22.9 Å². The molecule has 1 aliphatic carbocycles. The number of rotatable bonds is 4. The molecule has 0 atom stereocenters. The number of H-pyrrole nitrogens is 1. The third-order valence-electron chi connectivity index (χ3n) is 4.90. The highest BCUT2D eigenvalue weighted by Gasteiger charge is 2.20. The van der Waals surface area contributed by atoms with Crippen LogP contribution in [-0.4, -0.2) is 25.5 Å². The van der Waals surface area contributed by atoms with Crippen LogP contribution in [0.5, 0.6) is 0 Å². The lowest BCUT2D eigenvalue weighted by atomic mass is 10.2. The van der Waals surface area contributed by atoms with Gasteiger partial charge in [0.05, 0.1) is 23.0 Å². The molecule has 136 valence electrons. The second-order valence-corrected chi connectivity index (χ2v) is 7.79. The molecule has 6 nitrogen and oxygen atoms in total. The van der Waals surface area contributed by atoms with Crippen LogP contribution in [0.1, 0.15) is 33.9 Å². The van der Waals surface area contributed by atoms with Gasteiger partial charge in [-0.15, -0.1) is 11.3 Å². The smallest absolute Gasteiger partial charge is 0.269 e. The number of aromatic nitrogens is 4. The molecule has 4 aromatic rings. The van der Waals surface area contributed by atoms with Crippen molar-refractivity contribution in [3.05, 3.63) is 63.5 Å². The highest BCUT2D eigenvalue weighted by Crippen LogP contribution is 2.29. The first kappa shape index (κ1) is 16.5. The number of hydrogen-bond donors (Lipinski definition) is 2. The van der Waals surface area contributed by atoms with E-state index >= 15 is 0 Å². The average Bonchev–Trinajstić information content (AvgIpc) is 3.41. The molecule has 0 saturated carbocycles. The summed E-state index contributed by atoms with van der Waals surface area (Å²) in [6, 6.07) is 7.56. The average molecular weight is 398 g/mol. The van der Waals surface area contributed by atoms with Crippen molar-refractivity contribution >= 4 is 33.8 Å². The van der Waals surface area contributed by atoms with E-state index in [4.69, 9.17) is 11.6 Å². The summed E-state index contributed by atoms with van der Waals surface area (Å²) in [6.07, 6.45) is 5.08. The maximum Gasteiger partial charge on any atom is 0.269 e. The minimum Gasteiger partial charge on any atom is -0.345 e. The topological polar surface area (TPSA) is 75.1 Å². The molecule has 1 aromatic carbocycles. The van der Waals surface area contributed by atoms with Gasteiger partial charge >= 0.3 is 0 Å². The summed E-state index contributed by atoms with van der Waals surface area (Å²) < 4.78 is 1.81. The number of fused-ring (bicyclic) bond motifs is 2. The number of nitrogens with zero attached hydrogens (tertiary/aromatic N) is 3. The van der Waals surface area contributed by atoms with Gasteiger partial charge in [-0.1, -0.05) is 29.8 Å². The van der Waals surface area contributed by atoms with E-state index in [9.17, 15) is 4.79 Å². The fourth-order valence-corrected chi connectivity index (χ4v) is 4.62. The maximum atomic E-state index is 12.7. The van der Waals surface area contributed by atoms with Crippen molar-refractivity contribution in [1.82, 2.24) is 24.9 Å². The molecule has 0 radical (unpaired) electrons. The van der Waals surface area contributed by atoms with Crippen LogP contribution in [-0.2, 0) is 19.4 Å². The van der Waals surface area contributed by atoms with Gasteiger partial charge < -0.3 is 5.32 Å². The summed E-state index contributed by atoms with van der Waals surface area (Å²) in [5, 5.41) is 12.9. The van der Waals surface area contributed by atoms with Crippen LogP contribution in [0.25, 0.3) is 16.2 Å². The Morgan fingerprint density at radius 1 is 1.33 bits per heavy atom. The first-order chi connectivity index (χ1) is 13.2. The lowest BCUT2D eigenvalue weighted by Gasteiger charge is -2.04. The number of imidazole rings is 1. The predicted molar refractivity (Wildman–Crippen MR) is 105 cm³/mol. The normalized spacial score (nSPS) is 13.2. The van der Waals surface area contributed by atoms with E-state index in [-0.39, 0.29) is 5.91 Å². The zero-order valence-electron chi connectivity index (χ0n) is 14.3. The quantitative estimate of drug-likeness (QED) is 0.549. The van der Waals surface area contributed by atoms with Crippen molar-refractivity contribution in [1.29, 1.82) is 0 Å². The Balaban J connectivity index is 1.39. The molecule has 0 bridgehead atoms. The van der Waals surface area contributed by atoms with Crippen LogP contribution in [0.3, 0.4) is 0 Å². The minimum absolute atomic E-state index is 0.140. The number of aryl methyl sites for hydroxylation is 1. The van der Waals surface area contributed by atoms with Gasteiger partial charge in [-0.3, -0.25) is 14.3 Å². The third-order valence-corrected chi connectivity index (χ3v) is 6.07. The first-order valence-electron chi connectivity index (χ1n) is 8.75. The Kier molecular flexibility index (Phi) is 3.98. The summed E-state index contributed by atoms with van der Waals surface area (Å²) in [7, 11) is 0. The van der Waals surface area contributed by atoms with Gasteiger partial charge in [0.1, 0.15) is 5.69 Å². The summed E-state index contributed by atoms with van der Waals surface area (Å²) in [5.41, 5.74) is 5.57. The number of benzene rings is 1. The second kappa shape index (κ2) is 6.51. The summed E-state index contributed by atoms with van der Waals surface area (Å²) in [4.78, 5) is 18.1. The monoisotopic (exact) mass is 397 g/mol. The van der Waals surface area contributed by atoms with Gasteiger partial charge in [-0.2, -0.15) is 5.10 Å². The van der Waals surface area contributed by atoms with Gasteiger partial charge in [0.15, 0.2) is 4.96 Å². The number of amides is 1. The molecular weight excluding hydrogens is 382 g/mol. The Labute approximate surface area is 164 Å². The van der Waals surface area contributed by atoms with E-state index in [1.54, 1.807) is 0 Å². The zero-order chi connectivity index (χ0) is 18.4. The number of aromatic amines is 1. The largest absolute Gasteiger partial charge is 0.345 e. The Morgan fingerprint density at radius 3 is 3.11 bits per heavy atom. The van der Waals surface area contributed by atoms with Crippen LogP contribution in [0.2, 0.25) is 5.02 Å². The van der Waals surface area contributed by atoms with Crippen molar-refractivity contribution in [2.45, 2.75) is 25.8 Å². The molecule has 1 amide bonds. The molecule has 1 aliphatic rings. The van der Waals surface area contributed by atoms with Crippen LogP contribution in [0.4, 0.5) is 0 Å². The lowest BCUT2D eigenvalue weighted by Crippen LogP contribution is -2.24. The fourth-order valence-electron chi connectivity index (χ4n) is 3.53. The van der Waals surface area contributed by atoms with Crippen LogP contribution < -0.4 is 5.32 Å². The molecule has 5 rings (SSSR count). The molecule has 0 fully saturated rings. The predicted octanol–water partition coefficient (Wildman–Crippen LogP) is 3.86. The molecule has 3 aromatic heterocycles. The molecular formula is C19H16ClN5OS. The van der Waals surface area contributed by atoms with E-state index in [2.05, 4.69) is 20.5 Å². The number of hydrogen-bond acceptors (Lipinski definition) is 4. The van der Waals surface area contributed by atoms with E-state index in [0.717, 1.165) is 41.2 Å². The zero-order valence-corrected chi connectivity index (χ0v) is 15.9. The van der Waals surface area contributed by atoms with Gasteiger partial charge in [0.25, 0.3) is 5.91 Å². The van der Waals surface area contributed by atoms with Crippen molar-refractivity contribution in [2.75, 3.05) is 0 Å². The fraction of sp³-hybridized carbons (Fsp3) is 0.211. The lowest BCUT2D eigenvalue weighted by molar-refractivity contribution is 0.0944. The second-order valence-electron chi connectivity index (χ2n) is 6.54. The van der Waals surface area contributed by atoms with Gasteiger partial charge in [0, 0.05) is 22.8 Å². The number of carbonyl (C=O) groups is 1. The van der Waals surface area contributed by atoms with E-state index in [0.29, 0.717) is 17.3 Å². The molecule has 2 N–H and O–H groups in total. The number of carbonyl (C=O) groups excluding carboxylic acids is 1. The molecule has 27 heavy (non-hydrogen) atoms. The van der Waals surface area contributed by atoms with E-state index < -0.39 is 0 Å². The minimum atomic E-state index is -0.140. The van der Waals surface area contributed by atoms with Crippen LogP contribution in [0, 0.1) is 0 Å². The van der Waals surface area contributed by atoms with Crippen molar-refractivity contribution in [3.63, 3.8) is 0 Å². The summed E-state index contributed by atoms with van der Waals surface area (Å²) in [5.74, 6) is -0.140. The molecule has 0 spiro atoms. The summed E-state index contributed by atoms with van der Waals surface area (Å²) >= 11 is 7.71. The van der Waals surface area contributed by atoms with Crippen LogP contribution in [0.15, 0.2) is 35.8 Å². The Hall–Kier alpha value is -2.64. The van der Waals surface area contributed by atoms with Gasteiger partial charge in [-0.25, -0.2) is 4.98 Å². The SMILES string of the molecule is O=C(NCc1n[nH]c2c1CCC2)c1csc2nc(-c3ccccc3Cl)cn12. The standard InChI is InChI=1S/C19H16ClN5OS/c20-13-6-2-1-4-11(13)16-9-25-17(10-27-19(25)22-16)18(26)21-8-15-12-5-3-7-14(12)23-24-15/h1-2,4,6,9-10H,3,5,7-8H2,(H,21,26)(H,23,24). The molecule has 0 unspecified atom stereocenters. The highest BCUT2D eigenvalue weighted by molar-refractivity contribution is 7.15. The molecule has 3 heterocycles. The Bertz CT molecular complexity index is 1160. The number of nitrogens with one attached hydrogen (secondary N) is 2. The third kappa shape index (κ3) is 2.83. The van der Waals surface area contributed by atoms with Gasteiger partial charge in [-0.05, 0) is 30.9 Å².